The van der Waals surface area contributed by atoms with Crippen molar-refractivity contribution < 1.29 is 8.78 Å². The predicted molar refractivity (Wildman–Crippen MR) is 43.8 cm³/mol. The molecule has 0 spiro atoms. The maximum Gasteiger partial charge on any atom is 0.173 e. The molecular weight excluding hydrogens is 237 g/mol. The van der Waals surface area contributed by atoms with Crippen molar-refractivity contribution >= 4 is 27.5 Å². The Labute approximate surface area is 76.3 Å². The first kappa shape index (κ1) is 8.94. The fourth-order valence-electron chi connectivity index (χ4n) is 0.657. The van der Waals surface area contributed by atoms with E-state index in [2.05, 4.69) is 15.9 Å². The second-order valence-corrected chi connectivity index (χ2v) is 3.35. The van der Waals surface area contributed by atoms with Crippen LogP contribution in [0.4, 0.5) is 8.78 Å². The molecule has 0 aliphatic rings. The smallest absolute Gasteiger partial charge is 0.173 e. The van der Waals surface area contributed by atoms with Crippen LogP contribution in [-0.2, 0) is 0 Å². The van der Waals surface area contributed by atoms with Gasteiger partial charge in [-0.05, 0) is 28.9 Å². The third-order valence-corrected chi connectivity index (χ3v) is 2.31. The first-order valence-corrected chi connectivity index (χ1v) is 4.00. The van der Waals surface area contributed by atoms with Crippen LogP contribution < -0.4 is 0 Å². The SMILES string of the molecule is Cc1c(Cl)cc(Br)c(F)c1F. The van der Waals surface area contributed by atoms with Crippen LogP contribution >= 0.6 is 27.5 Å². The van der Waals surface area contributed by atoms with Gasteiger partial charge in [-0.25, -0.2) is 8.78 Å². The van der Waals surface area contributed by atoms with Crippen LogP contribution in [0.1, 0.15) is 5.56 Å². The summed E-state index contributed by atoms with van der Waals surface area (Å²) in [6.45, 7) is 1.42. The van der Waals surface area contributed by atoms with Gasteiger partial charge >= 0.3 is 0 Å². The molecule has 0 aliphatic carbocycles. The Hall–Kier alpha value is -0.150. The van der Waals surface area contributed by atoms with E-state index in [0.29, 0.717) is 0 Å². The average Bonchev–Trinajstić information content (AvgIpc) is 1.97. The Morgan fingerprint density at radius 1 is 1.36 bits per heavy atom. The van der Waals surface area contributed by atoms with Crippen molar-refractivity contribution in [3.63, 3.8) is 0 Å². The van der Waals surface area contributed by atoms with Crippen LogP contribution in [0.15, 0.2) is 10.5 Å². The van der Waals surface area contributed by atoms with Gasteiger partial charge in [0, 0.05) is 10.6 Å². The summed E-state index contributed by atoms with van der Waals surface area (Å²) in [5.74, 6) is -1.80. The molecule has 0 aliphatic heterocycles. The summed E-state index contributed by atoms with van der Waals surface area (Å²) >= 11 is 8.39. The first-order chi connectivity index (χ1) is 5.04. The first-order valence-electron chi connectivity index (χ1n) is 2.83. The van der Waals surface area contributed by atoms with Gasteiger partial charge in [0.1, 0.15) is 0 Å². The van der Waals surface area contributed by atoms with Crippen LogP contribution in [0.25, 0.3) is 0 Å². The number of rotatable bonds is 0. The molecule has 1 aromatic rings. The fraction of sp³-hybridized carbons (Fsp3) is 0.143. The van der Waals surface area contributed by atoms with Gasteiger partial charge in [-0.2, -0.15) is 0 Å². The number of benzene rings is 1. The molecule has 0 nitrogen and oxygen atoms in total. The molecule has 1 aromatic carbocycles. The largest absolute Gasteiger partial charge is 0.203 e. The van der Waals surface area contributed by atoms with Crippen LogP contribution in [0, 0.1) is 18.6 Å². The summed E-state index contributed by atoms with van der Waals surface area (Å²) in [5, 5.41) is 0.218. The van der Waals surface area contributed by atoms with Crippen molar-refractivity contribution in [2.24, 2.45) is 0 Å². The van der Waals surface area contributed by atoms with Crippen molar-refractivity contribution in [2.45, 2.75) is 6.92 Å². The maximum atomic E-state index is 12.8. The zero-order chi connectivity index (χ0) is 8.59. The molecular formula is C7H4BrClF2. The molecule has 0 radical (unpaired) electrons. The van der Waals surface area contributed by atoms with Crippen LogP contribution in [0.3, 0.4) is 0 Å². The highest BCUT2D eigenvalue weighted by atomic mass is 79.9. The zero-order valence-electron chi connectivity index (χ0n) is 5.59. The van der Waals surface area contributed by atoms with E-state index in [1.54, 1.807) is 0 Å². The molecule has 0 fully saturated rings. The minimum Gasteiger partial charge on any atom is -0.203 e. The van der Waals surface area contributed by atoms with Crippen molar-refractivity contribution in [3.8, 4) is 0 Å². The molecule has 0 unspecified atom stereocenters. The van der Waals surface area contributed by atoms with E-state index in [1.165, 1.54) is 13.0 Å². The van der Waals surface area contributed by atoms with Crippen molar-refractivity contribution in [3.05, 3.63) is 32.8 Å². The van der Waals surface area contributed by atoms with E-state index < -0.39 is 11.6 Å². The summed E-state index contributed by atoms with van der Waals surface area (Å²) in [6, 6.07) is 1.33. The Kier molecular flexibility index (Phi) is 2.50. The molecule has 60 valence electrons. The zero-order valence-corrected chi connectivity index (χ0v) is 7.93. The van der Waals surface area contributed by atoms with E-state index in [0.717, 1.165) is 0 Å². The lowest BCUT2D eigenvalue weighted by Gasteiger charge is -2.01. The molecule has 0 bridgehead atoms. The highest BCUT2D eigenvalue weighted by Gasteiger charge is 2.12. The van der Waals surface area contributed by atoms with E-state index in [4.69, 9.17) is 11.6 Å². The molecule has 1 rings (SSSR count). The quantitative estimate of drug-likeness (QED) is 0.480. The fourth-order valence-corrected chi connectivity index (χ4v) is 1.38. The monoisotopic (exact) mass is 240 g/mol. The Morgan fingerprint density at radius 2 is 1.91 bits per heavy atom. The maximum absolute atomic E-state index is 12.8. The number of hydrogen-bond donors (Lipinski definition) is 0. The average molecular weight is 241 g/mol. The lowest BCUT2D eigenvalue weighted by molar-refractivity contribution is 0.499. The van der Waals surface area contributed by atoms with Crippen molar-refractivity contribution in [1.82, 2.24) is 0 Å². The molecule has 0 heterocycles. The van der Waals surface area contributed by atoms with E-state index in [9.17, 15) is 8.78 Å². The van der Waals surface area contributed by atoms with Gasteiger partial charge in [-0.15, -0.1) is 0 Å². The Morgan fingerprint density at radius 3 is 2.45 bits per heavy atom. The van der Waals surface area contributed by atoms with Gasteiger partial charge < -0.3 is 0 Å². The van der Waals surface area contributed by atoms with Crippen molar-refractivity contribution in [2.75, 3.05) is 0 Å². The highest BCUT2D eigenvalue weighted by molar-refractivity contribution is 9.10. The van der Waals surface area contributed by atoms with Crippen LogP contribution in [-0.4, -0.2) is 0 Å². The molecule has 0 saturated carbocycles. The van der Waals surface area contributed by atoms with Gasteiger partial charge in [0.25, 0.3) is 0 Å². The summed E-state index contributed by atoms with van der Waals surface area (Å²) in [7, 11) is 0. The molecule has 11 heavy (non-hydrogen) atoms. The van der Waals surface area contributed by atoms with E-state index >= 15 is 0 Å². The van der Waals surface area contributed by atoms with E-state index in [-0.39, 0.29) is 15.1 Å². The molecule has 0 saturated heterocycles. The summed E-state index contributed by atoms with van der Waals surface area (Å²) in [5.41, 5.74) is 0.132. The summed E-state index contributed by atoms with van der Waals surface area (Å²) in [6.07, 6.45) is 0. The second kappa shape index (κ2) is 3.07. The normalized spacial score (nSPS) is 10.3. The lowest BCUT2D eigenvalue weighted by atomic mass is 10.2. The lowest BCUT2D eigenvalue weighted by Crippen LogP contribution is -1.90. The minimum atomic E-state index is -0.899. The Bertz CT molecular complexity index is 273. The molecule has 0 aromatic heterocycles. The van der Waals surface area contributed by atoms with Gasteiger partial charge in [0.15, 0.2) is 11.6 Å². The highest BCUT2D eigenvalue weighted by Crippen LogP contribution is 2.27. The summed E-state index contributed by atoms with van der Waals surface area (Å²) < 4.78 is 25.5. The minimum absolute atomic E-state index is 0.0469. The molecule has 0 N–H and O–H groups in total. The van der Waals surface area contributed by atoms with Crippen LogP contribution in [0.2, 0.25) is 5.02 Å². The predicted octanol–water partition coefficient (Wildman–Crippen LogP) is 3.69. The van der Waals surface area contributed by atoms with Gasteiger partial charge in [-0.3, -0.25) is 0 Å². The molecule has 4 heteroatoms. The van der Waals surface area contributed by atoms with E-state index in [1.807, 2.05) is 0 Å². The van der Waals surface area contributed by atoms with Gasteiger partial charge in [-0.1, -0.05) is 11.6 Å². The number of halogens is 4. The topological polar surface area (TPSA) is 0 Å². The standard InChI is InChI=1S/C7H4BrClF2/c1-3-5(9)2-4(8)7(11)6(3)10/h2H,1H3. The van der Waals surface area contributed by atoms with Gasteiger partial charge in [0.2, 0.25) is 0 Å². The summed E-state index contributed by atoms with van der Waals surface area (Å²) in [4.78, 5) is 0. The number of hydrogen-bond acceptors (Lipinski definition) is 0. The molecule has 0 atom stereocenters. The Balaban J connectivity index is 3.46. The van der Waals surface area contributed by atoms with Gasteiger partial charge in [0.05, 0.1) is 4.47 Å². The second-order valence-electron chi connectivity index (χ2n) is 2.09. The molecule has 0 amide bonds. The van der Waals surface area contributed by atoms with Crippen molar-refractivity contribution in [1.29, 1.82) is 0 Å². The third-order valence-electron chi connectivity index (χ3n) is 1.34. The van der Waals surface area contributed by atoms with Crippen LogP contribution in [0.5, 0.6) is 0 Å². The third kappa shape index (κ3) is 1.54.